The third kappa shape index (κ3) is 5.59. The predicted octanol–water partition coefficient (Wildman–Crippen LogP) is 1.92. The van der Waals surface area contributed by atoms with Crippen LogP contribution in [-0.2, 0) is 6.18 Å². The summed E-state index contributed by atoms with van der Waals surface area (Å²) in [6.45, 7) is 5.06. The Labute approximate surface area is 205 Å². The molecule has 0 radical (unpaired) electrons. The predicted molar refractivity (Wildman–Crippen MR) is 110 cm³/mol. The Kier molecular flexibility index (Phi) is 7.93. The van der Waals surface area contributed by atoms with Crippen molar-refractivity contribution in [3.63, 3.8) is 0 Å². The van der Waals surface area contributed by atoms with Gasteiger partial charge in [-0.2, -0.15) is 13.2 Å². The summed E-state index contributed by atoms with van der Waals surface area (Å²) in [7, 11) is 0. The smallest absolute Gasteiger partial charge is 0.545 e. The van der Waals surface area contributed by atoms with Crippen molar-refractivity contribution in [2.24, 2.45) is 0 Å². The number of halogens is 3. The van der Waals surface area contributed by atoms with Crippen LogP contribution >= 0.6 is 0 Å². The summed E-state index contributed by atoms with van der Waals surface area (Å²) in [6, 6.07) is 12.6. The first-order valence-electron chi connectivity index (χ1n) is 9.39. The third-order valence-electron chi connectivity index (χ3n) is 5.01. The van der Waals surface area contributed by atoms with Crippen LogP contribution in [-0.4, -0.2) is 11.9 Å². The Balaban J connectivity index is 0.00000363. The molecule has 0 aromatic heterocycles. The van der Waals surface area contributed by atoms with E-state index in [4.69, 9.17) is 0 Å². The topological polar surface area (TPSA) is 69.2 Å². The van der Waals surface area contributed by atoms with Crippen molar-refractivity contribution in [2.45, 2.75) is 26.9 Å². The zero-order valence-corrected chi connectivity index (χ0v) is 20.1. The number of anilines is 1. The molecule has 0 fully saturated rings. The first-order valence-corrected chi connectivity index (χ1v) is 9.39. The van der Waals surface area contributed by atoms with Gasteiger partial charge in [-0.3, -0.25) is 4.79 Å². The molecule has 3 rings (SSSR count). The van der Waals surface area contributed by atoms with E-state index in [1.54, 1.807) is 45.0 Å². The summed E-state index contributed by atoms with van der Waals surface area (Å²) >= 11 is 0. The van der Waals surface area contributed by atoms with E-state index in [0.717, 1.165) is 12.1 Å². The van der Waals surface area contributed by atoms with E-state index in [1.165, 1.54) is 18.2 Å². The van der Waals surface area contributed by atoms with Crippen molar-refractivity contribution in [1.82, 2.24) is 0 Å². The fourth-order valence-electron chi connectivity index (χ4n) is 3.38. The molecule has 0 bridgehead atoms. The minimum Gasteiger partial charge on any atom is -0.545 e. The number of hydrogen-bond donors (Lipinski definition) is 1. The van der Waals surface area contributed by atoms with Crippen molar-refractivity contribution in [3.8, 4) is 11.1 Å². The van der Waals surface area contributed by atoms with Crippen LogP contribution in [0.4, 0.5) is 18.9 Å². The average Bonchev–Trinajstić information content (AvgIpc) is 2.70. The van der Waals surface area contributed by atoms with Gasteiger partial charge in [0, 0.05) is 11.3 Å². The molecule has 0 aliphatic rings. The van der Waals surface area contributed by atoms with E-state index in [9.17, 15) is 27.9 Å². The summed E-state index contributed by atoms with van der Waals surface area (Å²) in [5.74, 6) is -1.76. The number of carbonyl (C=O) groups excluding carboxylic acids is 2. The number of carboxylic acids is 1. The molecule has 4 nitrogen and oxygen atoms in total. The molecule has 1 N–H and O–H groups in total. The molecule has 0 atom stereocenters. The number of hydrogen-bond acceptors (Lipinski definition) is 3. The summed E-state index contributed by atoms with van der Waals surface area (Å²) in [5.41, 5.74) is 2.59. The van der Waals surface area contributed by atoms with Gasteiger partial charge in [-0.15, -0.1) is 0 Å². The van der Waals surface area contributed by atoms with Gasteiger partial charge in [0.15, 0.2) is 0 Å². The zero-order chi connectivity index (χ0) is 22.9. The van der Waals surface area contributed by atoms with Crippen LogP contribution in [0.2, 0.25) is 0 Å². The summed E-state index contributed by atoms with van der Waals surface area (Å²) in [5, 5.41) is 13.9. The number of carbonyl (C=O) groups is 2. The molecule has 32 heavy (non-hydrogen) atoms. The first-order chi connectivity index (χ1) is 14.5. The Morgan fingerprint density at radius 3 is 2.00 bits per heavy atom. The van der Waals surface area contributed by atoms with Gasteiger partial charge in [-0.25, -0.2) is 0 Å². The van der Waals surface area contributed by atoms with Gasteiger partial charge in [0.1, 0.15) is 0 Å². The van der Waals surface area contributed by atoms with Crippen molar-refractivity contribution < 1.29 is 57.4 Å². The van der Waals surface area contributed by atoms with E-state index >= 15 is 0 Å². The van der Waals surface area contributed by atoms with Crippen LogP contribution in [0, 0.1) is 20.8 Å². The van der Waals surface area contributed by atoms with E-state index in [2.05, 4.69) is 5.32 Å². The molecule has 8 heteroatoms. The number of aromatic carboxylic acids is 1. The quantitative estimate of drug-likeness (QED) is 0.619. The molecule has 0 aliphatic carbocycles. The summed E-state index contributed by atoms with van der Waals surface area (Å²) in [6.07, 6.45) is -4.46. The number of rotatable bonds is 4. The van der Waals surface area contributed by atoms with Crippen molar-refractivity contribution in [1.29, 1.82) is 0 Å². The number of benzene rings is 3. The molecule has 0 spiro atoms. The largest absolute Gasteiger partial charge is 1.00 e. The molecule has 0 heterocycles. The van der Waals surface area contributed by atoms with Gasteiger partial charge >= 0.3 is 35.7 Å². The number of nitrogens with one attached hydrogen (secondary N) is 1. The van der Waals surface area contributed by atoms with Crippen LogP contribution in [0.5, 0.6) is 0 Å². The van der Waals surface area contributed by atoms with E-state index < -0.39 is 23.6 Å². The van der Waals surface area contributed by atoms with Crippen molar-refractivity contribution >= 4 is 17.6 Å². The molecule has 0 unspecified atom stereocenters. The maximum atomic E-state index is 13.0. The van der Waals surface area contributed by atoms with Crippen molar-refractivity contribution in [2.75, 3.05) is 5.32 Å². The van der Waals surface area contributed by atoms with Gasteiger partial charge in [-0.05, 0) is 84.5 Å². The molecule has 1 amide bonds. The zero-order valence-electron chi connectivity index (χ0n) is 18.1. The minimum atomic E-state index is -4.46. The van der Waals surface area contributed by atoms with E-state index in [1.807, 2.05) is 0 Å². The summed E-state index contributed by atoms with van der Waals surface area (Å²) < 4.78 is 39.1. The maximum absolute atomic E-state index is 13.0. The molecule has 0 saturated heterocycles. The fraction of sp³-hybridized carbons (Fsp3) is 0.167. The molecule has 3 aromatic carbocycles. The average molecular weight is 449 g/mol. The van der Waals surface area contributed by atoms with Crippen LogP contribution in [0.1, 0.15) is 43.0 Å². The minimum absolute atomic E-state index is 0. The second-order valence-electron chi connectivity index (χ2n) is 7.33. The summed E-state index contributed by atoms with van der Waals surface area (Å²) in [4.78, 5) is 24.0. The monoisotopic (exact) mass is 449 g/mol. The number of carboxylic acid groups (broad SMARTS) is 1. The standard InChI is InChI=1S/C24H20F3NO3.Na/c1-13-7-8-17(16-5-4-6-19(11-16)24(25,26)27)12-20(13)22(29)28-21-14(2)9-18(23(30)31)10-15(21)3;/h4-12H,1-3H3,(H,28,29)(H,30,31);/q;+1/p-1. The van der Waals surface area contributed by atoms with Crippen LogP contribution in [0.15, 0.2) is 54.6 Å². The van der Waals surface area contributed by atoms with E-state index in [0.29, 0.717) is 39.1 Å². The Bertz CT molecular complexity index is 1170. The second kappa shape index (κ2) is 9.90. The molecule has 0 saturated carbocycles. The van der Waals surface area contributed by atoms with E-state index in [-0.39, 0.29) is 35.1 Å². The molecular weight excluding hydrogens is 430 g/mol. The molecule has 0 aliphatic heterocycles. The second-order valence-corrected chi connectivity index (χ2v) is 7.33. The Hall–Kier alpha value is -2.61. The van der Waals surface area contributed by atoms with Crippen LogP contribution < -0.4 is 40.0 Å². The van der Waals surface area contributed by atoms with Gasteiger partial charge in [-0.1, -0.05) is 24.3 Å². The molecular formula is C24H19F3NNaO3. The van der Waals surface area contributed by atoms with Gasteiger partial charge in [0.05, 0.1) is 11.5 Å². The number of alkyl halides is 3. The van der Waals surface area contributed by atoms with Gasteiger partial charge < -0.3 is 15.2 Å². The van der Waals surface area contributed by atoms with Gasteiger partial charge in [0.2, 0.25) is 0 Å². The van der Waals surface area contributed by atoms with Crippen molar-refractivity contribution in [3.05, 3.63) is 88.0 Å². The number of aryl methyl sites for hydroxylation is 3. The first kappa shape index (κ1) is 25.6. The van der Waals surface area contributed by atoms with Crippen LogP contribution in [0.3, 0.4) is 0 Å². The van der Waals surface area contributed by atoms with Gasteiger partial charge in [0.25, 0.3) is 5.91 Å². The fourth-order valence-corrected chi connectivity index (χ4v) is 3.38. The SMILES string of the molecule is Cc1ccc(-c2cccc(C(F)(F)F)c2)cc1C(=O)Nc1c(C)cc(C(=O)[O-])cc1C.[Na+]. The Morgan fingerprint density at radius 2 is 1.44 bits per heavy atom. The molecule has 3 aromatic rings. The normalized spacial score (nSPS) is 10.9. The molecule has 160 valence electrons. The maximum Gasteiger partial charge on any atom is 1.00 e. The third-order valence-corrected chi connectivity index (χ3v) is 5.01. The van der Waals surface area contributed by atoms with Crippen LogP contribution in [0.25, 0.3) is 11.1 Å². The number of amides is 1. The Morgan fingerprint density at radius 1 is 0.844 bits per heavy atom.